The Labute approximate surface area is 204 Å². The van der Waals surface area contributed by atoms with E-state index in [1.807, 2.05) is 42.3 Å². The highest BCUT2D eigenvalue weighted by Crippen LogP contribution is 2.37. The molecule has 0 aromatic heterocycles. The molecule has 2 fully saturated rings. The first-order chi connectivity index (χ1) is 16.6. The molecule has 11 heteroatoms. The highest BCUT2D eigenvalue weighted by atomic mass is 31.2. The second kappa shape index (κ2) is 10.5. The Morgan fingerprint density at radius 3 is 2.00 bits per heavy atom. The minimum absolute atomic E-state index is 0.0956. The zero-order valence-electron chi connectivity index (χ0n) is 19.7. The van der Waals surface area contributed by atoms with E-state index in [0.717, 1.165) is 31.4 Å². The van der Waals surface area contributed by atoms with Crippen LogP contribution in [0.4, 0.5) is 11.4 Å². The summed E-state index contributed by atoms with van der Waals surface area (Å²) in [4.78, 5) is 44.6. The minimum atomic E-state index is -5.01. The molecule has 188 valence electrons. The summed E-state index contributed by atoms with van der Waals surface area (Å²) in [5.41, 5.74) is 8.33. The van der Waals surface area contributed by atoms with E-state index in [2.05, 4.69) is 15.4 Å². The van der Waals surface area contributed by atoms with Gasteiger partial charge in [0.05, 0.1) is 11.4 Å². The smallest absolute Gasteiger partial charge is 0.369 e. The molecular weight excluding hydrogens is 471 g/mol. The molecular formula is C24H31N4O6P. The summed E-state index contributed by atoms with van der Waals surface area (Å²) in [7, 11) is -5.01. The van der Waals surface area contributed by atoms with E-state index in [4.69, 9.17) is 9.79 Å². The molecule has 4 N–H and O–H groups in total. The lowest BCUT2D eigenvalue weighted by Gasteiger charge is -2.34. The number of phosphoric acid groups is 1. The van der Waals surface area contributed by atoms with Crippen molar-refractivity contribution >= 4 is 31.0 Å². The van der Waals surface area contributed by atoms with E-state index in [1.165, 1.54) is 11.9 Å². The van der Waals surface area contributed by atoms with Crippen LogP contribution in [-0.4, -0.2) is 45.7 Å². The van der Waals surface area contributed by atoms with Crippen molar-refractivity contribution in [2.24, 2.45) is 0 Å². The molecule has 0 bridgehead atoms. The van der Waals surface area contributed by atoms with Crippen molar-refractivity contribution < 1.29 is 28.5 Å². The quantitative estimate of drug-likeness (QED) is 0.195. The van der Waals surface area contributed by atoms with E-state index < -0.39 is 25.9 Å². The summed E-state index contributed by atoms with van der Waals surface area (Å²) in [6.07, 6.45) is 3.85. The molecule has 0 heterocycles. The molecule has 2 aromatic carbocycles. The lowest BCUT2D eigenvalue weighted by atomic mass is 10.0. The van der Waals surface area contributed by atoms with Crippen LogP contribution in [0.25, 0.3) is 0 Å². The van der Waals surface area contributed by atoms with Gasteiger partial charge in [-0.25, -0.2) is 20.2 Å². The fourth-order valence-corrected chi connectivity index (χ4v) is 4.13. The number of Topliss-reactive ketones (excluding diaryl/α,β-unsaturated/α-hetero) is 1. The van der Waals surface area contributed by atoms with E-state index >= 15 is 0 Å². The summed E-state index contributed by atoms with van der Waals surface area (Å²) in [5.74, 6) is -1.26. The molecule has 35 heavy (non-hydrogen) atoms. The van der Waals surface area contributed by atoms with Crippen LogP contribution in [0.5, 0.6) is 0 Å². The van der Waals surface area contributed by atoms with Gasteiger partial charge in [0.15, 0.2) is 5.78 Å². The lowest BCUT2D eigenvalue weighted by Crippen LogP contribution is -2.52. The highest BCUT2D eigenvalue weighted by molar-refractivity contribution is 7.46. The predicted molar refractivity (Wildman–Crippen MR) is 132 cm³/mol. The summed E-state index contributed by atoms with van der Waals surface area (Å²) >= 11 is 0. The summed E-state index contributed by atoms with van der Waals surface area (Å²) in [5, 5.41) is 3.36. The number of ketones is 1. The summed E-state index contributed by atoms with van der Waals surface area (Å²) in [6, 6.07) is 15.3. The number of anilines is 2. The Bertz CT molecular complexity index is 1100. The molecule has 4 rings (SSSR count). The van der Waals surface area contributed by atoms with Gasteiger partial charge in [0, 0.05) is 17.6 Å². The molecule has 2 atom stereocenters. The van der Waals surface area contributed by atoms with Gasteiger partial charge in [-0.1, -0.05) is 30.3 Å². The molecule has 0 radical (unpaired) electrons. The SMILES string of the molecule is C[C@@H](C(=O)c1ccccc1N(NC1CC1)[C@@H](C)C(=O)OP(=O)(O)O)N(NC1CC1)c1ccccc1. The first-order valence-corrected chi connectivity index (χ1v) is 13.2. The number of para-hydroxylation sites is 2. The van der Waals surface area contributed by atoms with Gasteiger partial charge >= 0.3 is 13.8 Å². The van der Waals surface area contributed by atoms with Gasteiger partial charge in [-0.15, -0.1) is 0 Å². The highest BCUT2D eigenvalue weighted by Gasteiger charge is 2.36. The third-order valence-electron chi connectivity index (χ3n) is 5.97. The molecule has 2 aliphatic carbocycles. The van der Waals surface area contributed by atoms with Crippen molar-refractivity contribution in [1.29, 1.82) is 0 Å². The maximum Gasteiger partial charge on any atom is 0.527 e. The Morgan fingerprint density at radius 1 is 0.886 bits per heavy atom. The molecule has 2 aromatic rings. The molecule has 0 amide bonds. The number of hydrogen-bond acceptors (Lipinski definition) is 8. The summed E-state index contributed by atoms with van der Waals surface area (Å²) < 4.78 is 15.6. The second-order valence-electron chi connectivity index (χ2n) is 9.02. The van der Waals surface area contributed by atoms with Crippen molar-refractivity contribution in [1.82, 2.24) is 10.9 Å². The van der Waals surface area contributed by atoms with Gasteiger partial charge < -0.3 is 4.52 Å². The number of rotatable bonds is 12. The van der Waals surface area contributed by atoms with Crippen molar-refractivity contribution in [3.63, 3.8) is 0 Å². The van der Waals surface area contributed by atoms with Crippen molar-refractivity contribution in [2.75, 3.05) is 10.0 Å². The van der Waals surface area contributed by atoms with Crippen LogP contribution in [-0.2, 0) is 13.9 Å². The molecule has 0 unspecified atom stereocenters. The third kappa shape index (κ3) is 6.68. The second-order valence-corrected chi connectivity index (χ2v) is 10.2. The first kappa shape index (κ1) is 25.3. The minimum Gasteiger partial charge on any atom is -0.369 e. The largest absolute Gasteiger partial charge is 0.527 e. The number of hydrogen-bond donors (Lipinski definition) is 4. The van der Waals surface area contributed by atoms with Gasteiger partial charge in [-0.3, -0.25) is 24.6 Å². The number of nitrogens with zero attached hydrogens (tertiary/aromatic N) is 2. The third-order valence-corrected chi connectivity index (χ3v) is 6.38. The van der Waals surface area contributed by atoms with E-state index in [-0.39, 0.29) is 11.8 Å². The topological polar surface area (TPSA) is 131 Å². The average Bonchev–Trinajstić information content (AvgIpc) is 3.75. The van der Waals surface area contributed by atoms with Gasteiger partial charge in [0.25, 0.3) is 0 Å². The Hall–Kier alpha value is -2.75. The van der Waals surface area contributed by atoms with Crippen LogP contribution >= 0.6 is 7.82 Å². The van der Waals surface area contributed by atoms with Gasteiger partial charge in [-0.05, 0) is 63.8 Å². The normalized spacial score (nSPS) is 17.4. The Kier molecular flexibility index (Phi) is 7.59. The van der Waals surface area contributed by atoms with Crippen molar-refractivity contribution in [3.05, 3.63) is 60.2 Å². The standard InChI is InChI=1S/C24H31N4O6P/c1-16(27(25-18-12-13-18)20-8-4-3-5-9-20)23(29)21-10-6-7-11-22(21)28(26-19-14-15-19)17(2)24(30)34-35(31,32)33/h3-11,16-19,25-26H,12-15H2,1-2H3,(H2,31,32,33)/t16-,17-/m0/s1. The number of carbonyl (C=O) groups excluding carboxylic acids is 2. The number of benzene rings is 2. The zero-order valence-corrected chi connectivity index (χ0v) is 20.6. The van der Waals surface area contributed by atoms with Crippen LogP contribution in [0.15, 0.2) is 54.6 Å². The van der Waals surface area contributed by atoms with Crippen LogP contribution in [0.3, 0.4) is 0 Å². The van der Waals surface area contributed by atoms with Crippen LogP contribution in [0.2, 0.25) is 0 Å². The van der Waals surface area contributed by atoms with Gasteiger partial charge in [-0.2, -0.15) is 0 Å². The molecule has 0 saturated heterocycles. The number of phosphoric ester groups is 1. The number of hydrazine groups is 2. The molecule has 0 aliphatic heterocycles. The van der Waals surface area contributed by atoms with Crippen molar-refractivity contribution in [2.45, 2.75) is 63.7 Å². The fourth-order valence-electron chi connectivity index (χ4n) is 3.74. The first-order valence-electron chi connectivity index (χ1n) is 11.7. The van der Waals surface area contributed by atoms with Crippen LogP contribution < -0.4 is 20.9 Å². The van der Waals surface area contributed by atoms with Gasteiger partial charge in [0.1, 0.15) is 12.1 Å². The van der Waals surface area contributed by atoms with Gasteiger partial charge in [0.2, 0.25) is 0 Å². The monoisotopic (exact) mass is 502 g/mol. The van der Waals surface area contributed by atoms with E-state index in [0.29, 0.717) is 17.3 Å². The summed E-state index contributed by atoms with van der Waals surface area (Å²) in [6.45, 7) is 3.30. The molecule has 10 nitrogen and oxygen atoms in total. The fraction of sp³-hybridized carbons (Fsp3) is 0.417. The molecule has 2 saturated carbocycles. The Balaban J connectivity index is 1.64. The van der Waals surface area contributed by atoms with Crippen LogP contribution in [0.1, 0.15) is 49.9 Å². The number of nitrogens with one attached hydrogen (secondary N) is 2. The van der Waals surface area contributed by atoms with Crippen molar-refractivity contribution in [3.8, 4) is 0 Å². The van der Waals surface area contributed by atoms with E-state index in [9.17, 15) is 14.2 Å². The van der Waals surface area contributed by atoms with E-state index in [1.54, 1.807) is 24.3 Å². The lowest BCUT2D eigenvalue weighted by molar-refractivity contribution is -0.137. The Morgan fingerprint density at radius 2 is 1.43 bits per heavy atom. The zero-order chi connectivity index (χ0) is 25.2. The maximum absolute atomic E-state index is 13.8. The molecule has 2 aliphatic rings. The number of carbonyl (C=O) groups is 2. The average molecular weight is 503 g/mol. The predicted octanol–water partition coefficient (Wildman–Crippen LogP) is 2.93. The maximum atomic E-state index is 13.8. The molecule has 0 spiro atoms. The van der Waals surface area contributed by atoms with Crippen LogP contribution in [0, 0.1) is 0 Å².